The molecule has 0 amide bonds. The molecule has 2 heterocycles. The van der Waals surface area contributed by atoms with Crippen LogP contribution in [0.3, 0.4) is 0 Å². The van der Waals surface area contributed by atoms with Gasteiger partial charge in [0.1, 0.15) is 0 Å². The maximum Gasteiger partial charge on any atom is 0.269 e. The molecule has 12 heteroatoms. The number of hydrogen-bond acceptors (Lipinski definition) is 10. The average Bonchev–Trinajstić information content (AvgIpc) is 3.16. The lowest BCUT2D eigenvalue weighted by molar-refractivity contribution is -0.384. The summed E-state index contributed by atoms with van der Waals surface area (Å²) in [7, 11) is 0. The van der Waals surface area contributed by atoms with Gasteiger partial charge in [-0.1, -0.05) is 22.0 Å². The number of hydrazone groups is 1. The van der Waals surface area contributed by atoms with Gasteiger partial charge in [0.05, 0.1) is 11.1 Å². The smallest absolute Gasteiger partial charge is 0.269 e. The number of nitro groups is 1. The van der Waals surface area contributed by atoms with Crippen LogP contribution < -0.4 is 10.7 Å². The first kappa shape index (κ1) is 18.4. The fraction of sp³-hybridized carbons (Fsp3) is 0. The number of non-ortho nitro benzene ring substituents is 1. The summed E-state index contributed by atoms with van der Waals surface area (Å²) in [5.74, 6) is 0.665. The van der Waals surface area contributed by atoms with Crippen molar-refractivity contribution in [2.75, 3.05) is 10.7 Å². The third kappa shape index (κ3) is 4.32. The van der Waals surface area contributed by atoms with Crippen molar-refractivity contribution in [3.05, 3.63) is 68.7 Å². The van der Waals surface area contributed by atoms with Crippen LogP contribution in [0.25, 0.3) is 11.3 Å². The van der Waals surface area contributed by atoms with Gasteiger partial charge in [0.2, 0.25) is 11.3 Å². The molecule has 29 heavy (non-hydrogen) atoms. The third-order valence-electron chi connectivity index (χ3n) is 3.69. The summed E-state index contributed by atoms with van der Waals surface area (Å²) in [5.41, 5.74) is 4.70. The van der Waals surface area contributed by atoms with Crippen molar-refractivity contribution >= 4 is 56.4 Å². The zero-order valence-electron chi connectivity index (χ0n) is 14.5. The zero-order valence-corrected chi connectivity index (χ0v) is 16.1. The summed E-state index contributed by atoms with van der Waals surface area (Å²) >= 11 is 3.41. The largest absolute Gasteiger partial charge is 0.337 e. The van der Waals surface area contributed by atoms with Crippen molar-refractivity contribution < 1.29 is 9.55 Å². The topological polar surface area (TPSA) is 144 Å². The Balaban J connectivity index is 1.59. The van der Waals surface area contributed by atoms with Crippen molar-refractivity contribution in [1.82, 2.24) is 20.3 Å². The highest BCUT2D eigenvalue weighted by Crippen LogP contribution is 2.25. The first-order valence-corrected chi connectivity index (χ1v) is 8.94. The summed E-state index contributed by atoms with van der Waals surface area (Å²) in [5, 5.41) is 25.4. The molecule has 0 saturated heterocycles. The van der Waals surface area contributed by atoms with Gasteiger partial charge in [-0.25, -0.2) is 9.61 Å². The van der Waals surface area contributed by atoms with E-state index in [2.05, 4.69) is 56.7 Å². The van der Waals surface area contributed by atoms with Gasteiger partial charge in [0, 0.05) is 22.3 Å². The molecule has 0 aliphatic carbocycles. The minimum Gasteiger partial charge on any atom is -0.337 e. The predicted octanol–water partition coefficient (Wildman–Crippen LogP) is 3.87. The van der Waals surface area contributed by atoms with Crippen molar-refractivity contribution in [3.63, 3.8) is 0 Å². The van der Waals surface area contributed by atoms with Crippen LogP contribution in [0.5, 0.6) is 0 Å². The molecule has 2 aromatic carbocycles. The molecule has 0 aliphatic heterocycles. The number of halogens is 1. The van der Waals surface area contributed by atoms with Gasteiger partial charge in [-0.15, -0.1) is 0 Å². The number of anilines is 3. The van der Waals surface area contributed by atoms with Crippen LogP contribution in [0.15, 0.2) is 62.7 Å². The lowest BCUT2D eigenvalue weighted by Gasteiger charge is -2.09. The Bertz CT molecular complexity index is 1210. The molecule has 2 aromatic heterocycles. The van der Waals surface area contributed by atoms with Gasteiger partial charge in [-0.2, -0.15) is 10.1 Å². The van der Waals surface area contributed by atoms with Crippen LogP contribution in [0.1, 0.15) is 5.56 Å². The van der Waals surface area contributed by atoms with E-state index < -0.39 is 4.92 Å². The van der Waals surface area contributed by atoms with Crippen molar-refractivity contribution in [2.24, 2.45) is 5.10 Å². The van der Waals surface area contributed by atoms with Gasteiger partial charge in [-0.05, 0) is 46.2 Å². The predicted molar refractivity (Wildman–Crippen MR) is 109 cm³/mol. The molecule has 0 fully saturated rings. The Hall–Kier alpha value is -3.93. The SMILES string of the molecule is O=[N+]([O-])c1ccc(C=NNc2nc3nonc3nc2Nc2cccc(Br)c2)cc1. The number of nitrogens with zero attached hydrogens (tertiary/aromatic N) is 6. The van der Waals surface area contributed by atoms with Gasteiger partial charge in [0.25, 0.3) is 5.69 Å². The van der Waals surface area contributed by atoms with E-state index in [1.807, 2.05) is 24.3 Å². The van der Waals surface area contributed by atoms with E-state index in [1.165, 1.54) is 18.3 Å². The van der Waals surface area contributed by atoms with Gasteiger partial charge < -0.3 is 5.32 Å². The van der Waals surface area contributed by atoms with Gasteiger partial charge in [0.15, 0.2) is 11.6 Å². The molecule has 11 nitrogen and oxygen atoms in total. The van der Waals surface area contributed by atoms with Gasteiger partial charge >= 0.3 is 0 Å². The number of aromatic nitrogens is 4. The van der Waals surface area contributed by atoms with E-state index >= 15 is 0 Å². The number of rotatable bonds is 6. The molecule has 0 bridgehead atoms. The number of hydrogen-bond donors (Lipinski definition) is 2. The summed E-state index contributed by atoms with van der Waals surface area (Å²) in [6, 6.07) is 13.5. The number of fused-ring (bicyclic) bond motifs is 1. The fourth-order valence-corrected chi connectivity index (χ4v) is 2.76. The number of benzene rings is 2. The Morgan fingerprint density at radius 1 is 1.07 bits per heavy atom. The van der Waals surface area contributed by atoms with Crippen LogP contribution >= 0.6 is 15.9 Å². The maximum absolute atomic E-state index is 10.7. The lowest BCUT2D eigenvalue weighted by Crippen LogP contribution is -2.03. The highest BCUT2D eigenvalue weighted by atomic mass is 79.9. The van der Waals surface area contributed by atoms with E-state index in [1.54, 1.807) is 12.1 Å². The minimum atomic E-state index is -0.462. The molecule has 0 spiro atoms. The van der Waals surface area contributed by atoms with E-state index in [0.29, 0.717) is 17.2 Å². The summed E-state index contributed by atoms with van der Waals surface area (Å²) in [6.45, 7) is 0. The Labute approximate surface area is 171 Å². The zero-order chi connectivity index (χ0) is 20.2. The highest BCUT2D eigenvalue weighted by molar-refractivity contribution is 9.10. The fourth-order valence-electron chi connectivity index (χ4n) is 2.36. The van der Waals surface area contributed by atoms with Crippen LogP contribution in [-0.2, 0) is 0 Å². The van der Waals surface area contributed by atoms with Gasteiger partial charge in [-0.3, -0.25) is 15.5 Å². The second-order valence-electron chi connectivity index (χ2n) is 5.69. The maximum atomic E-state index is 10.7. The highest BCUT2D eigenvalue weighted by Gasteiger charge is 2.13. The summed E-state index contributed by atoms with van der Waals surface area (Å²) in [4.78, 5) is 18.9. The Kier molecular flexibility index (Phi) is 5.07. The third-order valence-corrected chi connectivity index (χ3v) is 4.18. The molecule has 4 rings (SSSR count). The van der Waals surface area contributed by atoms with E-state index in [4.69, 9.17) is 0 Å². The Morgan fingerprint density at radius 2 is 1.79 bits per heavy atom. The molecule has 0 atom stereocenters. The number of nitro benzene ring substituents is 1. The van der Waals surface area contributed by atoms with Crippen molar-refractivity contribution in [3.8, 4) is 0 Å². The standard InChI is InChI=1S/C17H11BrN8O3/c18-11-2-1-3-12(8-11)20-14-15(22-17-16(21-14)24-29-25-17)23-19-9-10-4-6-13(7-5-10)26(27)28/h1-9H,(H,20,21,24)(H,22,23,25). The Morgan fingerprint density at radius 3 is 2.48 bits per heavy atom. The monoisotopic (exact) mass is 454 g/mol. The summed E-state index contributed by atoms with van der Waals surface area (Å²) < 4.78 is 5.56. The van der Waals surface area contributed by atoms with Crippen molar-refractivity contribution in [1.29, 1.82) is 0 Å². The molecule has 4 aromatic rings. The van der Waals surface area contributed by atoms with Crippen LogP contribution in [-0.4, -0.2) is 31.4 Å². The minimum absolute atomic E-state index is 0.00506. The molecule has 2 N–H and O–H groups in total. The molecule has 0 saturated carbocycles. The molecule has 144 valence electrons. The van der Waals surface area contributed by atoms with E-state index in [-0.39, 0.29) is 17.0 Å². The summed E-state index contributed by atoms with van der Waals surface area (Å²) in [6.07, 6.45) is 1.50. The number of nitrogens with one attached hydrogen (secondary N) is 2. The molecule has 0 aliphatic rings. The first-order valence-electron chi connectivity index (χ1n) is 8.15. The van der Waals surface area contributed by atoms with E-state index in [9.17, 15) is 10.1 Å². The average molecular weight is 455 g/mol. The second kappa shape index (κ2) is 7.98. The van der Waals surface area contributed by atoms with E-state index in [0.717, 1.165) is 10.2 Å². The lowest BCUT2D eigenvalue weighted by atomic mass is 10.2. The molecular formula is C17H11BrN8O3. The normalized spacial score (nSPS) is 11.1. The van der Waals surface area contributed by atoms with Crippen LogP contribution in [0, 0.1) is 10.1 Å². The van der Waals surface area contributed by atoms with Crippen LogP contribution in [0.4, 0.5) is 23.0 Å². The van der Waals surface area contributed by atoms with Crippen molar-refractivity contribution in [2.45, 2.75) is 0 Å². The molecule has 0 radical (unpaired) electrons. The van der Waals surface area contributed by atoms with Crippen LogP contribution in [0.2, 0.25) is 0 Å². The molecular weight excluding hydrogens is 444 g/mol. The first-order chi connectivity index (χ1) is 14.1. The molecule has 0 unspecified atom stereocenters. The second-order valence-corrected chi connectivity index (χ2v) is 6.60. The quantitative estimate of drug-likeness (QED) is 0.251.